The average molecular weight is 270 g/mol. The molecule has 2 nitrogen and oxygen atoms in total. The number of esters is 1. The maximum absolute atomic E-state index is 12.0. The van der Waals surface area contributed by atoms with Gasteiger partial charge in [0.05, 0.1) is 5.56 Å². The van der Waals surface area contributed by atoms with Gasteiger partial charge in [0.1, 0.15) is 6.10 Å². The lowest BCUT2D eigenvalue weighted by Gasteiger charge is -2.23. The van der Waals surface area contributed by atoms with Crippen LogP contribution in [0.2, 0.25) is 0 Å². The summed E-state index contributed by atoms with van der Waals surface area (Å²) >= 11 is 0. The molecule has 0 fully saturated rings. The maximum atomic E-state index is 12.0. The van der Waals surface area contributed by atoms with Crippen molar-refractivity contribution in [3.05, 3.63) is 73.9 Å². The van der Waals surface area contributed by atoms with Crippen molar-refractivity contribution in [2.45, 2.75) is 25.9 Å². The molecule has 0 aliphatic heterocycles. The van der Waals surface area contributed by atoms with Gasteiger partial charge in [-0.1, -0.05) is 49.9 Å². The Morgan fingerprint density at radius 2 is 1.85 bits per heavy atom. The Morgan fingerprint density at radius 1 is 1.25 bits per heavy atom. The van der Waals surface area contributed by atoms with E-state index in [1.165, 1.54) is 0 Å². The highest BCUT2D eigenvalue weighted by Gasteiger charge is 2.19. The summed E-state index contributed by atoms with van der Waals surface area (Å²) in [6.07, 6.45) is 6.57. The monoisotopic (exact) mass is 270 g/mol. The van der Waals surface area contributed by atoms with Gasteiger partial charge in [0.15, 0.2) is 0 Å². The summed E-state index contributed by atoms with van der Waals surface area (Å²) in [5, 5.41) is 0. The minimum absolute atomic E-state index is 0.152. The Bertz CT molecular complexity index is 465. The largest absolute Gasteiger partial charge is 0.455 e. The SMILES string of the molecule is C=CC(CCC(C)(C=C)C=C)OC(=O)c1ccccc1. The second kappa shape index (κ2) is 7.49. The summed E-state index contributed by atoms with van der Waals surface area (Å²) < 4.78 is 5.44. The third kappa shape index (κ3) is 4.54. The molecule has 0 aliphatic carbocycles. The predicted molar refractivity (Wildman–Crippen MR) is 83.6 cm³/mol. The van der Waals surface area contributed by atoms with Gasteiger partial charge < -0.3 is 4.74 Å². The summed E-state index contributed by atoms with van der Waals surface area (Å²) in [5.74, 6) is -0.325. The molecule has 106 valence electrons. The molecule has 0 aliphatic rings. The van der Waals surface area contributed by atoms with Crippen LogP contribution in [0.15, 0.2) is 68.3 Å². The lowest BCUT2D eigenvalue weighted by molar-refractivity contribution is 0.0368. The first-order valence-corrected chi connectivity index (χ1v) is 6.70. The van der Waals surface area contributed by atoms with Gasteiger partial charge in [0.2, 0.25) is 0 Å². The summed E-state index contributed by atoms with van der Waals surface area (Å²) in [6.45, 7) is 13.4. The molecule has 0 saturated carbocycles. The molecule has 0 bridgehead atoms. The Labute approximate surface area is 121 Å². The van der Waals surface area contributed by atoms with Crippen LogP contribution in [0, 0.1) is 5.41 Å². The highest BCUT2D eigenvalue weighted by atomic mass is 16.5. The van der Waals surface area contributed by atoms with Crippen LogP contribution in [0.25, 0.3) is 0 Å². The van der Waals surface area contributed by atoms with E-state index in [9.17, 15) is 4.79 Å². The van der Waals surface area contributed by atoms with Crippen LogP contribution < -0.4 is 0 Å². The third-order valence-corrected chi connectivity index (χ3v) is 3.43. The number of hydrogen-bond donors (Lipinski definition) is 0. The quantitative estimate of drug-likeness (QED) is 0.511. The van der Waals surface area contributed by atoms with Crippen LogP contribution in [0.1, 0.15) is 30.1 Å². The van der Waals surface area contributed by atoms with Gasteiger partial charge in [-0.3, -0.25) is 0 Å². The molecule has 1 rings (SSSR count). The van der Waals surface area contributed by atoms with E-state index in [1.54, 1.807) is 18.2 Å². The smallest absolute Gasteiger partial charge is 0.338 e. The van der Waals surface area contributed by atoms with Crippen molar-refractivity contribution in [1.82, 2.24) is 0 Å². The molecule has 1 unspecified atom stereocenters. The molecule has 0 saturated heterocycles. The first-order chi connectivity index (χ1) is 9.54. The van der Waals surface area contributed by atoms with E-state index >= 15 is 0 Å². The number of rotatable bonds is 8. The van der Waals surface area contributed by atoms with Gasteiger partial charge in [-0.25, -0.2) is 4.79 Å². The molecular weight excluding hydrogens is 248 g/mol. The number of carbonyl (C=O) groups excluding carboxylic acids is 1. The molecule has 0 spiro atoms. The molecule has 0 N–H and O–H groups in total. The zero-order chi connectivity index (χ0) is 15.0. The maximum Gasteiger partial charge on any atom is 0.338 e. The molecule has 1 aromatic rings. The van der Waals surface area contributed by atoms with Crippen LogP contribution in [-0.4, -0.2) is 12.1 Å². The summed E-state index contributed by atoms with van der Waals surface area (Å²) in [6, 6.07) is 8.96. The van der Waals surface area contributed by atoms with E-state index < -0.39 is 0 Å². The fourth-order valence-electron chi connectivity index (χ4n) is 1.75. The van der Waals surface area contributed by atoms with E-state index in [1.807, 2.05) is 37.3 Å². The fourth-order valence-corrected chi connectivity index (χ4v) is 1.75. The van der Waals surface area contributed by atoms with Crippen LogP contribution in [0.3, 0.4) is 0 Å². The van der Waals surface area contributed by atoms with E-state index in [-0.39, 0.29) is 17.5 Å². The van der Waals surface area contributed by atoms with Crippen LogP contribution in [-0.2, 0) is 4.74 Å². The van der Waals surface area contributed by atoms with Crippen LogP contribution in [0.4, 0.5) is 0 Å². The Balaban J connectivity index is 2.60. The zero-order valence-corrected chi connectivity index (χ0v) is 12.0. The van der Waals surface area contributed by atoms with Crippen molar-refractivity contribution in [2.24, 2.45) is 5.41 Å². The lowest BCUT2D eigenvalue weighted by atomic mass is 9.85. The highest BCUT2D eigenvalue weighted by Crippen LogP contribution is 2.27. The fraction of sp³-hybridized carbons (Fsp3) is 0.278. The van der Waals surface area contributed by atoms with Crippen molar-refractivity contribution in [3.63, 3.8) is 0 Å². The summed E-state index contributed by atoms with van der Waals surface area (Å²) in [4.78, 5) is 12.0. The number of allylic oxidation sites excluding steroid dienone is 2. The second-order valence-electron chi connectivity index (χ2n) is 5.00. The Morgan fingerprint density at radius 3 is 2.35 bits per heavy atom. The van der Waals surface area contributed by atoms with Crippen molar-refractivity contribution in [2.75, 3.05) is 0 Å². The van der Waals surface area contributed by atoms with E-state index in [4.69, 9.17) is 4.74 Å². The number of hydrogen-bond acceptors (Lipinski definition) is 2. The number of carbonyl (C=O) groups is 1. The van der Waals surface area contributed by atoms with Crippen LogP contribution in [0.5, 0.6) is 0 Å². The minimum atomic E-state index is -0.325. The van der Waals surface area contributed by atoms with Crippen molar-refractivity contribution in [3.8, 4) is 0 Å². The van der Waals surface area contributed by atoms with Gasteiger partial charge in [0.25, 0.3) is 0 Å². The van der Waals surface area contributed by atoms with E-state index in [0.717, 1.165) is 6.42 Å². The molecule has 1 atom stereocenters. The molecule has 0 amide bonds. The third-order valence-electron chi connectivity index (χ3n) is 3.43. The van der Waals surface area contributed by atoms with Crippen molar-refractivity contribution in [1.29, 1.82) is 0 Å². The first kappa shape index (κ1) is 16.0. The lowest BCUT2D eigenvalue weighted by Crippen LogP contribution is -2.19. The average Bonchev–Trinajstić information content (AvgIpc) is 2.51. The van der Waals surface area contributed by atoms with Crippen molar-refractivity contribution >= 4 is 5.97 Å². The van der Waals surface area contributed by atoms with Gasteiger partial charge in [-0.15, -0.1) is 13.2 Å². The molecule has 0 aromatic heterocycles. The summed E-state index contributed by atoms with van der Waals surface area (Å²) in [5.41, 5.74) is 0.398. The molecule has 1 aromatic carbocycles. The molecule has 0 radical (unpaired) electrons. The topological polar surface area (TPSA) is 26.3 Å². The summed E-state index contributed by atoms with van der Waals surface area (Å²) in [7, 11) is 0. The predicted octanol–water partition coefficient (Wildman–Crippen LogP) is 4.56. The molecule has 20 heavy (non-hydrogen) atoms. The van der Waals surface area contributed by atoms with Crippen LogP contribution >= 0.6 is 0 Å². The van der Waals surface area contributed by atoms with E-state index in [0.29, 0.717) is 12.0 Å². The highest BCUT2D eigenvalue weighted by molar-refractivity contribution is 5.89. The Hall–Kier alpha value is -2.09. The minimum Gasteiger partial charge on any atom is -0.455 e. The first-order valence-electron chi connectivity index (χ1n) is 6.70. The van der Waals surface area contributed by atoms with Crippen molar-refractivity contribution < 1.29 is 9.53 Å². The number of benzene rings is 1. The standard InChI is InChI=1S/C18H22O2/c1-5-16(13-14-18(4,6-2)7-3)20-17(19)15-11-9-8-10-12-15/h5-12,16H,1-3,13-14H2,4H3. The van der Waals surface area contributed by atoms with Gasteiger partial charge >= 0.3 is 5.97 Å². The zero-order valence-electron chi connectivity index (χ0n) is 12.0. The molecule has 2 heteroatoms. The normalized spacial score (nSPS) is 12.2. The Kier molecular flexibility index (Phi) is 5.98. The molecular formula is C18H22O2. The van der Waals surface area contributed by atoms with Gasteiger partial charge in [-0.2, -0.15) is 0 Å². The van der Waals surface area contributed by atoms with Gasteiger partial charge in [0, 0.05) is 5.41 Å². The second-order valence-corrected chi connectivity index (χ2v) is 5.00. The molecule has 0 heterocycles. The van der Waals surface area contributed by atoms with Gasteiger partial charge in [-0.05, 0) is 25.0 Å². The number of ether oxygens (including phenoxy) is 1. The van der Waals surface area contributed by atoms with E-state index in [2.05, 4.69) is 19.7 Å².